The molecule has 2 rings (SSSR count). The Labute approximate surface area is 119 Å². The zero-order valence-electron chi connectivity index (χ0n) is 11.3. The molecule has 19 heavy (non-hydrogen) atoms. The lowest BCUT2D eigenvalue weighted by atomic mass is 9.95. The van der Waals surface area contributed by atoms with Crippen molar-refractivity contribution in [3.8, 4) is 0 Å². The third-order valence-corrected chi connectivity index (χ3v) is 3.87. The van der Waals surface area contributed by atoms with Crippen molar-refractivity contribution in [3.63, 3.8) is 0 Å². The minimum Gasteiger partial charge on any atom is -0.325 e. The molecular weight excluding hydrogens is 260 g/mol. The normalized spacial score (nSPS) is 16.3. The molecule has 1 aliphatic rings. The molecule has 0 bridgehead atoms. The highest BCUT2D eigenvalue weighted by Crippen LogP contribution is 2.20. The minimum atomic E-state index is -0.00376. The van der Waals surface area contributed by atoms with Gasteiger partial charge in [-0.05, 0) is 37.5 Å². The van der Waals surface area contributed by atoms with Crippen LogP contribution in [0, 0.1) is 6.92 Å². The zero-order valence-corrected chi connectivity index (χ0v) is 12.1. The Morgan fingerprint density at radius 2 is 2.05 bits per heavy atom. The van der Waals surface area contributed by atoms with E-state index in [9.17, 15) is 4.79 Å². The summed E-state index contributed by atoms with van der Waals surface area (Å²) < 4.78 is 0. The first-order valence-corrected chi connectivity index (χ1v) is 7.32. The largest absolute Gasteiger partial charge is 0.325 e. The lowest BCUT2D eigenvalue weighted by molar-refractivity contribution is -0.115. The molecule has 1 amide bonds. The van der Waals surface area contributed by atoms with Crippen molar-refractivity contribution >= 4 is 23.2 Å². The van der Waals surface area contributed by atoms with Crippen molar-refractivity contribution in [2.45, 2.75) is 45.1 Å². The second kappa shape index (κ2) is 6.92. The van der Waals surface area contributed by atoms with Crippen LogP contribution in [0.4, 0.5) is 5.69 Å². The van der Waals surface area contributed by atoms with Crippen molar-refractivity contribution in [3.05, 3.63) is 28.8 Å². The quantitative estimate of drug-likeness (QED) is 0.886. The number of hydrogen-bond acceptors (Lipinski definition) is 2. The maximum atomic E-state index is 11.9. The van der Waals surface area contributed by atoms with Crippen LogP contribution in [0.2, 0.25) is 5.02 Å². The van der Waals surface area contributed by atoms with Gasteiger partial charge in [0, 0.05) is 16.8 Å². The number of carbonyl (C=O) groups is 1. The number of anilines is 1. The summed E-state index contributed by atoms with van der Waals surface area (Å²) in [5.41, 5.74) is 1.82. The fourth-order valence-corrected chi connectivity index (χ4v) is 2.64. The molecule has 0 aliphatic heterocycles. The van der Waals surface area contributed by atoms with E-state index in [1.807, 2.05) is 19.1 Å². The summed E-state index contributed by atoms with van der Waals surface area (Å²) in [6, 6.07) is 6.02. The van der Waals surface area contributed by atoms with Crippen molar-refractivity contribution in [1.82, 2.24) is 5.32 Å². The Morgan fingerprint density at radius 3 is 2.79 bits per heavy atom. The number of hydrogen-bond donors (Lipinski definition) is 2. The summed E-state index contributed by atoms with van der Waals surface area (Å²) in [5.74, 6) is -0.00376. The van der Waals surface area contributed by atoms with Crippen LogP contribution in [-0.4, -0.2) is 18.5 Å². The zero-order chi connectivity index (χ0) is 13.7. The van der Waals surface area contributed by atoms with Crippen molar-refractivity contribution in [2.24, 2.45) is 0 Å². The van der Waals surface area contributed by atoms with Crippen LogP contribution in [0.5, 0.6) is 0 Å². The molecule has 104 valence electrons. The van der Waals surface area contributed by atoms with Crippen molar-refractivity contribution in [1.29, 1.82) is 0 Å². The highest BCUT2D eigenvalue weighted by molar-refractivity contribution is 6.31. The molecule has 0 aromatic heterocycles. The van der Waals surface area contributed by atoms with Gasteiger partial charge >= 0.3 is 0 Å². The average molecular weight is 281 g/mol. The van der Waals surface area contributed by atoms with Gasteiger partial charge in [-0.25, -0.2) is 0 Å². The van der Waals surface area contributed by atoms with E-state index in [2.05, 4.69) is 10.6 Å². The molecule has 3 nitrogen and oxygen atoms in total. The third kappa shape index (κ3) is 4.51. The molecule has 1 aromatic carbocycles. The first kappa shape index (κ1) is 14.4. The van der Waals surface area contributed by atoms with Gasteiger partial charge < -0.3 is 10.6 Å². The van der Waals surface area contributed by atoms with Crippen LogP contribution < -0.4 is 10.6 Å². The van der Waals surface area contributed by atoms with Gasteiger partial charge in [0.05, 0.1) is 6.54 Å². The standard InChI is InChI=1S/C15H21ClN2O/c1-11-7-8-12(16)9-14(11)18-15(19)10-17-13-5-3-2-4-6-13/h7-9,13,17H,2-6,10H2,1H3,(H,18,19). The van der Waals surface area contributed by atoms with Gasteiger partial charge in [-0.1, -0.05) is 36.9 Å². The summed E-state index contributed by atoms with van der Waals surface area (Å²) in [5, 5.41) is 6.88. The van der Waals surface area contributed by atoms with E-state index >= 15 is 0 Å². The number of aryl methyl sites for hydroxylation is 1. The fourth-order valence-electron chi connectivity index (χ4n) is 2.47. The average Bonchev–Trinajstić information content (AvgIpc) is 2.42. The first-order valence-electron chi connectivity index (χ1n) is 6.94. The van der Waals surface area contributed by atoms with Crippen LogP contribution in [0.15, 0.2) is 18.2 Å². The van der Waals surface area contributed by atoms with Gasteiger partial charge in [0.15, 0.2) is 0 Å². The molecule has 0 heterocycles. The van der Waals surface area contributed by atoms with E-state index in [4.69, 9.17) is 11.6 Å². The minimum absolute atomic E-state index is 0.00376. The van der Waals surface area contributed by atoms with Gasteiger partial charge in [0.2, 0.25) is 5.91 Å². The summed E-state index contributed by atoms with van der Waals surface area (Å²) in [6.07, 6.45) is 6.23. The number of benzene rings is 1. The molecule has 0 unspecified atom stereocenters. The van der Waals surface area contributed by atoms with E-state index in [1.54, 1.807) is 6.07 Å². The maximum absolute atomic E-state index is 11.9. The van der Waals surface area contributed by atoms with Crippen LogP contribution >= 0.6 is 11.6 Å². The van der Waals surface area contributed by atoms with E-state index in [0.717, 1.165) is 11.3 Å². The summed E-state index contributed by atoms with van der Waals surface area (Å²) in [4.78, 5) is 11.9. The van der Waals surface area contributed by atoms with E-state index in [1.165, 1.54) is 32.1 Å². The Bertz CT molecular complexity index is 442. The summed E-state index contributed by atoms with van der Waals surface area (Å²) >= 11 is 5.93. The van der Waals surface area contributed by atoms with Crippen LogP contribution in [-0.2, 0) is 4.79 Å². The smallest absolute Gasteiger partial charge is 0.238 e. The molecule has 0 spiro atoms. The number of halogens is 1. The number of carbonyl (C=O) groups excluding carboxylic acids is 1. The Hall–Kier alpha value is -1.06. The van der Waals surface area contributed by atoms with Gasteiger partial charge in [-0.2, -0.15) is 0 Å². The molecule has 1 fully saturated rings. The van der Waals surface area contributed by atoms with Gasteiger partial charge in [0.1, 0.15) is 0 Å². The lowest BCUT2D eigenvalue weighted by Crippen LogP contribution is -2.37. The Morgan fingerprint density at radius 1 is 1.32 bits per heavy atom. The van der Waals surface area contributed by atoms with Gasteiger partial charge in [-0.3, -0.25) is 4.79 Å². The second-order valence-electron chi connectivity index (χ2n) is 5.22. The van der Waals surface area contributed by atoms with Gasteiger partial charge in [-0.15, -0.1) is 0 Å². The summed E-state index contributed by atoms with van der Waals surface area (Å²) in [7, 11) is 0. The first-order chi connectivity index (χ1) is 9.15. The van der Waals surface area contributed by atoms with Gasteiger partial charge in [0.25, 0.3) is 0 Å². The SMILES string of the molecule is Cc1ccc(Cl)cc1NC(=O)CNC1CCCCC1. The third-order valence-electron chi connectivity index (χ3n) is 3.63. The molecule has 1 aromatic rings. The predicted molar refractivity (Wildman–Crippen MR) is 79.7 cm³/mol. The van der Waals surface area contributed by atoms with Crippen molar-refractivity contribution in [2.75, 3.05) is 11.9 Å². The van der Waals surface area contributed by atoms with Crippen molar-refractivity contribution < 1.29 is 4.79 Å². The summed E-state index contributed by atoms with van der Waals surface area (Å²) in [6.45, 7) is 2.33. The Balaban J connectivity index is 1.81. The molecule has 0 atom stereocenters. The predicted octanol–water partition coefficient (Wildman–Crippen LogP) is 3.51. The number of rotatable bonds is 4. The monoisotopic (exact) mass is 280 g/mol. The second-order valence-corrected chi connectivity index (χ2v) is 5.66. The molecule has 2 N–H and O–H groups in total. The fraction of sp³-hybridized carbons (Fsp3) is 0.533. The topological polar surface area (TPSA) is 41.1 Å². The van der Waals surface area contributed by atoms with E-state index < -0.39 is 0 Å². The molecule has 0 radical (unpaired) electrons. The van der Waals surface area contributed by atoms with Crippen LogP contribution in [0.3, 0.4) is 0 Å². The Kier molecular flexibility index (Phi) is 5.23. The van der Waals surface area contributed by atoms with Crippen LogP contribution in [0.1, 0.15) is 37.7 Å². The number of nitrogens with one attached hydrogen (secondary N) is 2. The van der Waals surface area contributed by atoms with Crippen LogP contribution in [0.25, 0.3) is 0 Å². The molecule has 4 heteroatoms. The van der Waals surface area contributed by atoms with E-state index in [0.29, 0.717) is 17.6 Å². The lowest BCUT2D eigenvalue weighted by Gasteiger charge is -2.22. The van der Waals surface area contributed by atoms with E-state index in [-0.39, 0.29) is 5.91 Å². The highest BCUT2D eigenvalue weighted by atomic mass is 35.5. The number of amides is 1. The maximum Gasteiger partial charge on any atom is 0.238 e. The molecule has 1 saturated carbocycles. The highest BCUT2D eigenvalue weighted by Gasteiger charge is 2.14. The molecule has 1 aliphatic carbocycles. The molecule has 0 saturated heterocycles. The molecular formula is C15H21ClN2O.